The summed E-state index contributed by atoms with van der Waals surface area (Å²) in [5.74, 6) is -0.814. The molecule has 0 bridgehead atoms. The zero-order valence-electron chi connectivity index (χ0n) is 14.1. The molecule has 2 fully saturated rings. The van der Waals surface area contributed by atoms with Gasteiger partial charge < -0.3 is 19.8 Å². The van der Waals surface area contributed by atoms with Gasteiger partial charge in [0, 0.05) is 18.8 Å². The van der Waals surface area contributed by atoms with E-state index in [9.17, 15) is 24.6 Å². The number of nitrogens with zero attached hydrogens (tertiary/aromatic N) is 2. The Labute approximate surface area is 145 Å². The monoisotopic (exact) mass is 360 g/mol. The molecule has 9 heteroatoms. The van der Waals surface area contributed by atoms with E-state index in [0.29, 0.717) is 25.9 Å². The quantitative estimate of drug-likeness (QED) is 0.777. The first kappa shape index (κ1) is 18.7. The Balaban J connectivity index is 1.95. The lowest BCUT2D eigenvalue weighted by Gasteiger charge is -2.37. The van der Waals surface area contributed by atoms with Crippen molar-refractivity contribution in [2.45, 2.75) is 50.6 Å². The Bertz CT molecular complexity index is 513. The van der Waals surface area contributed by atoms with Crippen LogP contribution in [0.2, 0.25) is 0 Å². The summed E-state index contributed by atoms with van der Waals surface area (Å²) in [7, 11) is 0. The summed E-state index contributed by atoms with van der Waals surface area (Å²) in [6.45, 7) is 6.40. The van der Waals surface area contributed by atoms with Crippen LogP contribution in [-0.4, -0.2) is 74.0 Å². The second-order valence-corrected chi connectivity index (χ2v) is 8.22. The zero-order chi connectivity index (χ0) is 18.1. The van der Waals surface area contributed by atoms with Crippen LogP contribution in [0.3, 0.4) is 0 Å². The number of carbonyl (C=O) groups excluding carboxylic acids is 1. The Morgan fingerprint density at radius 3 is 2.17 bits per heavy atom. The normalized spacial score (nSPS) is 25.6. The second-order valence-electron chi connectivity index (χ2n) is 7.07. The Morgan fingerprint density at radius 2 is 1.71 bits per heavy atom. The molecule has 0 aliphatic carbocycles. The smallest absolute Gasteiger partial charge is 0.410 e. The number of ether oxygens (including phenoxy) is 1. The molecule has 2 atom stereocenters. The number of aliphatic carboxylic acids is 1. The molecule has 0 saturated carbocycles. The van der Waals surface area contributed by atoms with Crippen molar-refractivity contribution in [3.8, 4) is 0 Å². The van der Waals surface area contributed by atoms with E-state index in [4.69, 9.17) is 4.74 Å². The van der Waals surface area contributed by atoms with E-state index >= 15 is 0 Å². The van der Waals surface area contributed by atoms with Crippen LogP contribution < -0.4 is 0 Å². The highest BCUT2D eigenvalue weighted by Crippen LogP contribution is 2.38. The van der Waals surface area contributed by atoms with Crippen LogP contribution in [0, 0.1) is 5.92 Å². The fraction of sp³-hybridized carbons (Fsp3) is 0.800. The predicted molar refractivity (Wildman–Crippen MR) is 88.1 cm³/mol. The number of hydrogen-bond acceptors (Lipinski definition) is 5. The fourth-order valence-corrected chi connectivity index (χ4v) is 4.64. The maximum absolute atomic E-state index is 12.1. The van der Waals surface area contributed by atoms with Crippen molar-refractivity contribution in [1.29, 1.82) is 0 Å². The van der Waals surface area contributed by atoms with Crippen LogP contribution in [0.25, 0.3) is 0 Å². The highest BCUT2D eigenvalue weighted by Gasteiger charge is 2.46. The molecule has 24 heavy (non-hydrogen) atoms. The molecule has 136 valence electrons. The minimum Gasteiger partial charge on any atom is -0.480 e. The lowest BCUT2D eigenvalue weighted by atomic mass is 9.95. The van der Waals surface area contributed by atoms with E-state index in [-0.39, 0.29) is 23.1 Å². The van der Waals surface area contributed by atoms with Crippen molar-refractivity contribution >= 4 is 29.9 Å². The van der Waals surface area contributed by atoms with E-state index in [0.717, 1.165) is 4.90 Å². The number of carboxylic acid groups (broad SMARTS) is 2. The van der Waals surface area contributed by atoms with Crippen molar-refractivity contribution in [3.63, 3.8) is 0 Å². The van der Waals surface area contributed by atoms with Crippen molar-refractivity contribution in [2.24, 2.45) is 5.92 Å². The van der Waals surface area contributed by atoms with E-state index in [1.54, 1.807) is 4.90 Å². The third-order valence-electron chi connectivity index (χ3n) is 4.14. The predicted octanol–water partition coefficient (Wildman–Crippen LogP) is 2.14. The number of likely N-dealkylation sites (tertiary alicyclic amines) is 1. The standard InChI is InChI=1S/C15H24N2O6S/c1-15(2,3)23-14(22)16-6-4-9(5-7-16)11-17(13(20)21)10(8-24-11)12(18)19/h9-11H,4-8H2,1-3H3,(H,18,19)(H,20,21)/t10?,11-/m1/s1. The van der Waals surface area contributed by atoms with Gasteiger partial charge in [0.1, 0.15) is 11.6 Å². The van der Waals surface area contributed by atoms with Crippen LogP contribution in [0.1, 0.15) is 33.6 Å². The summed E-state index contributed by atoms with van der Waals surface area (Å²) in [6, 6.07) is -0.999. The van der Waals surface area contributed by atoms with Gasteiger partial charge in [-0.1, -0.05) is 0 Å². The lowest BCUT2D eigenvalue weighted by Crippen LogP contribution is -2.50. The number of piperidine rings is 1. The van der Waals surface area contributed by atoms with Crippen LogP contribution in [0.5, 0.6) is 0 Å². The first-order valence-electron chi connectivity index (χ1n) is 7.94. The SMILES string of the molecule is CC(C)(C)OC(=O)N1CCC([C@H]2SCC(C(=O)O)N2C(=O)O)CC1. The van der Waals surface area contributed by atoms with Crippen molar-refractivity contribution < 1.29 is 29.3 Å². The van der Waals surface area contributed by atoms with Gasteiger partial charge in [-0.15, -0.1) is 11.8 Å². The van der Waals surface area contributed by atoms with Crippen LogP contribution in [0.15, 0.2) is 0 Å². The molecule has 0 aromatic heterocycles. The lowest BCUT2D eigenvalue weighted by molar-refractivity contribution is -0.141. The topological polar surface area (TPSA) is 107 Å². The molecule has 0 spiro atoms. The molecule has 2 rings (SSSR count). The average Bonchev–Trinajstić information content (AvgIpc) is 2.90. The number of hydrogen-bond donors (Lipinski definition) is 2. The Hall–Kier alpha value is -1.64. The number of carbonyl (C=O) groups is 3. The molecule has 2 aliphatic rings. The number of carboxylic acids is 1. The van der Waals surface area contributed by atoms with E-state index in [1.165, 1.54) is 11.8 Å². The van der Waals surface area contributed by atoms with E-state index < -0.39 is 23.7 Å². The third-order valence-corrected chi connectivity index (χ3v) is 5.60. The highest BCUT2D eigenvalue weighted by atomic mass is 32.2. The minimum absolute atomic E-state index is 0.0362. The molecule has 1 unspecified atom stereocenters. The molecule has 2 heterocycles. The summed E-state index contributed by atoms with van der Waals surface area (Å²) in [5, 5.41) is 18.2. The molecule has 0 aromatic rings. The molecule has 2 saturated heterocycles. The summed E-state index contributed by atoms with van der Waals surface area (Å²) < 4.78 is 5.35. The molecule has 0 radical (unpaired) electrons. The average molecular weight is 360 g/mol. The van der Waals surface area contributed by atoms with Gasteiger partial charge in [-0.2, -0.15) is 0 Å². The minimum atomic E-state index is -1.20. The Morgan fingerprint density at radius 1 is 1.12 bits per heavy atom. The van der Waals surface area contributed by atoms with Gasteiger partial charge in [0.15, 0.2) is 0 Å². The zero-order valence-corrected chi connectivity index (χ0v) is 14.9. The Kier molecular flexibility index (Phi) is 5.52. The van der Waals surface area contributed by atoms with Crippen molar-refractivity contribution in [1.82, 2.24) is 9.80 Å². The van der Waals surface area contributed by atoms with Crippen molar-refractivity contribution in [2.75, 3.05) is 18.8 Å². The van der Waals surface area contributed by atoms with Gasteiger partial charge in [-0.25, -0.2) is 14.4 Å². The molecular weight excluding hydrogens is 336 g/mol. The van der Waals surface area contributed by atoms with Crippen LogP contribution >= 0.6 is 11.8 Å². The van der Waals surface area contributed by atoms with E-state index in [1.807, 2.05) is 20.8 Å². The summed E-state index contributed by atoms with van der Waals surface area (Å²) in [5.41, 5.74) is -0.552. The molecule has 8 nitrogen and oxygen atoms in total. The van der Waals surface area contributed by atoms with Gasteiger partial charge in [0.25, 0.3) is 0 Å². The number of thioether (sulfide) groups is 1. The first-order valence-corrected chi connectivity index (χ1v) is 8.98. The van der Waals surface area contributed by atoms with Gasteiger partial charge in [-0.05, 0) is 39.5 Å². The fourth-order valence-electron chi connectivity index (χ4n) is 3.02. The number of rotatable bonds is 2. The van der Waals surface area contributed by atoms with Gasteiger partial charge >= 0.3 is 18.2 Å². The molecule has 0 aromatic carbocycles. The first-order chi connectivity index (χ1) is 11.1. The van der Waals surface area contributed by atoms with Gasteiger partial charge in [-0.3, -0.25) is 4.90 Å². The molecular formula is C15H24N2O6S. The summed E-state index contributed by atoms with van der Waals surface area (Å²) in [6.07, 6.45) is -0.300. The highest BCUT2D eigenvalue weighted by molar-refractivity contribution is 8.00. The number of amides is 2. The summed E-state index contributed by atoms with van der Waals surface area (Å²) in [4.78, 5) is 37.4. The molecule has 2 aliphatic heterocycles. The second kappa shape index (κ2) is 7.08. The van der Waals surface area contributed by atoms with Crippen LogP contribution in [0.4, 0.5) is 9.59 Å². The van der Waals surface area contributed by atoms with Gasteiger partial charge in [0.05, 0.1) is 5.37 Å². The largest absolute Gasteiger partial charge is 0.480 e. The van der Waals surface area contributed by atoms with Crippen LogP contribution in [-0.2, 0) is 9.53 Å². The molecule has 2 amide bonds. The van der Waals surface area contributed by atoms with Gasteiger partial charge in [0.2, 0.25) is 0 Å². The van der Waals surface area contributed by atoms with Crippen molar-refractivity contribution in [3.05, 3.63) is 0 Å². The maximum Gasteiger partial charge on any atom is 0.410 e. The maximum atomic E-state index is 12.1. The van der Waals surface area contributed by atoms with E-state index in [2.05, 4.69) is 0 Å². The molecule has 2 N–H and O–H groups in total. The summed E-state index contributed by atoms with van der Waals surface area (Å²) >= 11 is 1.37. The third kappa shape index (κ3) is 4.25.